The van der Waals surface area contributed by atoms with Crippen LogP contribution in [0.2, 0.25) is 0 Å². The third-order valence-electron chi connectivity index (χ3n) is 2.79. The van der Waals surface area contributed by atoms with E-state index in [9.17, 15) is 0 Å². The van der Waals surface area contributed by atoms with E-state index in [0.29, 0.717) is 5.25 Å². The van der Waals surface area contributed by atoms with E-state index in [1.807, 2.05) is 11.8 Å². The first-order chi connectivity index (χ1) is 5.99. The summed E-state index contributed by atoms with van der Waals surface area (Å²) in [6, 6.07) is 2.49. The molecule has 0 saturated heterocycles. The highest BCUT2D eigenvalue weighted by molar-refractivity contribution is 8.01. The van der Waals surface area contributed by atoms with Crippen molar-refractivity contribution in [2.45, 2.75) is 50.5 Å². The maximum absolute atomic E-state index is 9.11. The molecular weight excluding hydrogens is 178 g/mol. The first-order valence-corrected chi connectivity index (χ1v) is 5.96. The van der Waals surface area contributed by atoms with Gasteiger partial charge in [-0.1, -0.05) is 27.7 Å². The van der Waals surface area contributed by atoms with Crippen LogP contribution in [0, 0.1) is 23.2 Å². The lowest BCUT2D eigenvalue weighted by Crippen LogP contribution is -2.42. The molecule has 1 aliphatic rings. The maximum atomic E-state index is 9.11. The van der Waals surface area contributed by atoms with Crippen LogP contribution in [0.4, 0.5) is 0 Å². The quantitative estimate of drug-likeness (QED) is 0.692. The van der Waals surface area contributed by atoms with Crippen LogP contribution in [-0.2, 0) is 0 Å². The molecule has 74 valence electrons. The molecule has 0 aromatic heterocycles. The molecule has 0 spiro atoms. The van der Waals surface area contributed by atoms with Gasteiger partial charge in [-0.15, -0.1) is 11.8 Å². The molecule has 0 radical (unpaired) electrons. The molecule has 0 heterocycles. The molecule has 1 fully saturated rings. The first kappa shape index (κ1) is 10.9. The lowest BCUT2D eigenvalue weighted by atomic mass is 9.69. The Labute approximate surface area is 85.9 Å². The molecule has 1 saturated carbocycles. The minimum atomic E-state index is -0.0386. The summed E-state index contributed by atoms with van der Waals surface area (Å²) in [7, 11) is 0. The molecule has 2 heteroatoms. The standard InChI is InChI=1S/C11H19NS/c1-8(2)10-5-11(6-10,7-12)13-9(3)4/h8-10H,5-6H2,1-4H3. The average molecular weight is 197 g/mol. The van der Waals surface area contributed by atoms with Crippen LogP contribution in [0.5, 0.6) is 0 Å². The van der Waals surface area contributed by atoms with E-state index < -0.39 is 0 Å². The third kappa shape index (κ3) is 2.40. The molecule has 13 heavy (non-hydrogen) atoms. The second kappa shape index (κ2) is 3.92. The van der Waals surface area contributed by atoms with Gasteiger partial charge in [-0.25, -0.2) is 0 Å². The average Bonchev–Trinajstić information content (AvgIpc) is 1.94. The molecule has 1 aliphatic carbocycles. The van der Waals surface area contributed by atoms with E-state index in [1.165, 1.54) is 0 Å². The molecule has 0 aliphatic heterocycles. The van der Waals surface area contributed by atoms with Crippen LogP contribution in [0.1, 0.15) is 40.5 Å². The molecule has 0 N–H and O–H groups in total. The van der Waals surface area contributed by atoms with Crippen LogP contribution < -0.4 is 0 Å². The van der Waals surface area contributed by atoms with Gasteiger partial charge >= 0.3 is 0 Å². The SMILES string of the molecule is CC(C)SC1(C#N)CC(C(C)C)C1. The Balaban J connectivity index is 2.47. The van der Waals surface area contributed by atoms with Gasteiger partial charge in [0.1, 0.15) is 4.75 Å². The zero-order valence-corrected chi connectivity index (χ0v) is 9.82. The van der Waals surface area contributed by atoms with Crippen LogP contribution >= 0.6 is 11.8 Å². The summed E-state index contributed by atoms with van der Waals surface area (Å²) in [5.74, 6) is 1.53. The Kier molecular flexibility index (Phi) is 3.29. The Morgan fingerprint density at radius 3 is 2.15 bits per heavy atom. The van der Waals surface area contributed by atoms with Crippen LogP contribution in [0.25, 0.3) is 0 Å². The molecule has 1 rings (SSSR count). The van der Waals surface area contributed by atoms with Gasteiger partial charge in [0.2, 0.25) is 0 Å². The second-order valence-corrected chi connectivity index (χ2v) is 6.65. The Bertz CT molecular complexity index is 209. The van der Waals surface area contributed by atoms with Crippen molar-refractivity contribution in [3.63, 3.8) is 0 Å². The van der Waals surface area contributed by atoms with E-state index >= 15 is 0 Å². The minimum Gasteiger partial charge on any atom is -0.197 e. The summed E-state index contributed by atoms with van der Waals surface area (Å²) < 4.78 is -0.0386. The summed E-state index contributed by atoms with van der Waals surface area (Å²) in [4.78, 5) is 0. The summed E-state index contributed by atoms with van der Waals surface area (Å²) >= 11 is 1.85. The highest BCUT2D eigenvalue weighted by Crippen LogP contribution is 2.51. The van der Waals surface area contributed by atoms with Gasteiger partial charge in [0.15, 0.2) is 0 Å². The molecule has 0 bridgehead atoms. The monoisotopic (exact) mass is 197 g/mol. The van der Waals surface area contributed by atoms with Gasteiger partial charge in [-0.05, 0) is 24.7 Å². The van der Waals surface area contributed by atoms with Crippen molar-refractivity contribution in [2.75, 3.05) is 0 Å². The molecule has 1 nitrogen and oxygen atoms in total. The fraction of sp³-hybridized carbons (Fsp3) is 0.909. The summed E-state index contributed by atoms with van der Waals surface area (Å²) in [6.45, 7) is 8.86. The van der Waals surface area contributed by atoms with Crippen molar-refractivity contribution in [2.24, 2.45) is 11.8 Å². The molecule has 0 atom stereocenters. The topological polar surface area (TPSA) is 23.8 Å². The predicted molar refractivity (Wildman–Crippen MR) is 58.6 cm³/mol. The normalized spacial score (nSPS) is 33.2. The Morgan fingerprint density at radius 2 is 1.85 bits per heavy atom. The van der Waals surface area contributed by atoms with Crippen molar-refractivity contribution in [1.82, 2.24) is 0 Å². The van der Waals surface area contributed by atoms with E-state index in [1.54, 1.807) is 0 Å². The van der Waals surface area contributed by atoms with Crippen molar-refractivity contribution < 1.29 is 0 Å². The fourth-order valence-electron chi connectivity index (χ4n) is 1.92. The fourth-order valence-corrected chi connectivity index (χ4v) is 3.50. The van der Waals surface area contributed by atoms with Crippen LogP contribution in [0.15, 0.2) is 0 Å². The van der Waals surface area contributed by atoms with Crippen molar-refractivity contribution in [3.05, 3.63) is 0 Å². The molecule has 0 aromatic carbocycles. The minimum absolute atomic E-state index is 0.0386. The summed E-state index contributed by atoms with van der Waals surface area (Å²) in [5, 5.41) is 9.69. The lowest BCUT2D eigenvalue weighted by Gasteiger charge is -2.45. The summed E-state index contributed by atoms with van der Waals surface area (Å²) in [6.07, 6.45) is 2.20. The Hall–Kier alpha value is -0.160. The summed E-state index contributed by atoms with van der Waals surface area (Å²) in [5.41, 5.74) is 0. The molecule has 0 amide bonds. The largest absolute Gasteiger partial charge is 0.197 e. The lowest BCUT2D eigenvalue weighted by molar-refractivity contribution is 0.206. The zero-order chi connectivity index (χ0) is 10.1. The van der Waals surface area contributed by atoms with E-state index in [4.69, 9.17) is 5.26 Å². The number of nitriles is 1. The van der Waals surface area contributed by atoms with E-state index in [0.717, 1.165) is 24.7 Å². The zero-order valence-electron chi connectivity index (χ0n) is 9.00. The molecule has 0 unspecified atom stereocenters. The van der Waals surface area contributed by atoms with Crippen molar-refractivity contribution in [1.29, 1.82) is 5.26 Å². The van der Waals surface area contributed by atoms with Crippen molar-refractivity contribution >= 4 is 11.8 Å². The third-order valence-corrected chi connectivity index (χ3v) is 4.14. The van der Waals surface area contributed by atoms with E-state index in [-0.39, 0.29) is 4.75 Å². The number of hydrogen-bond acceptors (Lipinski definition) is 2. The number of rotatable bonds is 3. The Morgan fingerprint density at radius 1 is 1.31 bits per heavy atom. The highest BCUT2D eigenvalue weighted by Gasteiger charge is 2.46. The molecule has 0 aromatic rings. The number of nitrogens with zero attached hydrogens (tertiary/aromatic N) is 1. The second-order valence-electron chi connectivity index (χ2n) is 4.69. The van der Waals surface area contributed by atoms with Gasteiger partial charge in [-0.3, -0.25) is 0 Å². The highest BCUT2D eigenvalue weighted by atomic mass is 32.2. The van der Waals surface area contributed by atoms with Crippen LogP contribution in [-0.4, -0.2) is 10.00 Å². The predicted octanol–water partition coefficient (Wildman–Crippen LogP) is 3.46. The van der Waals surface area contributed by atoms with Gasteiger partial charge in [0.25, 0.3) is 0 Å². The van der Waals surface area contributed by atoms with Crippen molar-refractivity contribution in [3.8, 4) is 6.07 Å². The number of thioether (sulfide) groups is 1. The van der Waals surface area contributed by atoms with Gasteiger partial charge in [-0.2, -0.15) is 5.26 Å². The smallest absolute Gasteiger partial charge is 0.103 e. The van der Waals surface area contributed by atoms with Gasteiger partial charge in [0.05, 0.1) is 6.07 Å². The first-order valence-electron chi connectivity index (χ1n) is 5.08. The van der Waals surface area contributed by atoms with Crippen LogP contribution in [0.3, 0.4) is 0 Å². The van der Waals surface area contributed by atoms with Gasteiger partial charge in [0, 0.05) is 5.25 Å². The number of hydrogen-bond donors (Lipinski definition) is 0. The van der Waals surface area contributed by atoms with E-state index in [2.05, 4.69) is 33.8 Å². The molecular formula is C11H19NS. The maximum Gasteiger partial charge on any atom is 0.103 e. The van der Waals surface area contributed by atoms with Gasteiger partial charge < -0.3 is 0 Å².